The highest BCUT2D eigenvalue weighted by Crippen LogP contribution is 2.21. The molecule has 3 heterocycles. The Kier molecular flexibility index (Phi) is 3.52. The zero-order chi connectivity index (χ0) is 13.1. The maximum atomic E-state index is 5.77. The minimum absolute atomic E-state index is 0.299. The molecule has 0 saturated carbocycles. The van der Waals surface area contributed by atoms with Gasteiger partial charge in [-0.25, -0.2) is 0 Å². The number of nitrogens with one attached hydrogen (secondary N) is 1. The highest BCUT2D eigenvalue weighted by Gasteiger charge is 2.25. The number of aromatic nitrogens is 4. The van der Waals surface area contributed by atoms with Crippen molar-refractivity contribution in [3.8, 4) is 0 Å². The molecule has 1 atom stereocenters. The Morgan fingerprint density at radius 2 is 2.42 bits per heavy atom. The Bertz CT molecular complexity index is 539. The molecule has 100 valence electrons. The number of fused-ring (bicyclic) bond motifs is 1. The first kappa shape index (κ1) is 12.3. The largest absolute Gasteiger partial charge is 0.374 e. The van der Waals surface area contributed by atoms with Gasteiger partial charge < -0.3 is 10.1 Å². The molecule has 2 aromatic rings. The summed E-state index contributed by atoms with van der Waals surface area (Å²) in [6.45, 7) is 2.88. The van der Waals surface area contributed by atoms with Gasteiger partial charge in [0.1, 0.15) is 5.69 Å². The van der Waals surface area contributed by atoms with Crippen molar-refractivity contribution in [2.24, 2.45) is 7.05 Å². The summed E-state index contributed by atoms with van der Waals surface area (Å²) in [5.41, 5.74) is 3.16. The van der Waals surface area contributed by atoms with Crippen molar-refractivity contribution in [3.63, 3.8) is 0 Å². The Morgan fingerprint density at radius 3 is 3.26 bits per heavy atom. The van der Waals surface area contributed by atoms with Gasteiger partial charge in [0.15, 0.2) is 0 Å². The molecule has 1 N–H and O–H groups in total. The van der Waals surface area contributed by atoms with Crippen molar-refractivity contribution in [2.45, 2.75) is 19.1 Å². The smallest absolute Gasteiger partial charge is 0.100 e. The highest BCUT2D eigenvalue weighted by molar-refractivity contribution is 5.19. The molecule has 0 spiro atoms. The molecule has 0 fully saturated rings. The minimum Gasteiger partial charge on any atom is -0.374 e. The van der Waals surface area contributed by atoms with E-state index in [0.717, 1.165) is 24.5 Å². The lowest BCUT2D eigenvalue weighted by Gasteiger charge is -2.23. The number of ether oxygens (including phenoxy) is 1. The van der Waals surface area contributed by atoms with Crippen molar-refractivity contribution in [2.75, 3.05) is 13.2 Å². The molecule has 0 bridgehead atoms. The summed E-state index contributed by atoms with van der Waals surface area (Å²) in [7, 11) is 1.93. The summed E-state index contributed by atoms with van der Waals surface area (Å²) in [6, 6.07) is 5.84. The molecular weight excluding hydrogens is 242 g/mol. The van der Waals surface area contributed by atoms with E-state index in [4.69, 9.17) is 4.74 Å². The fourth-order valence-corrected chi connectivity index (χ4v) is 2.42. The highest BCUT2D eigenvalue weighted by atomic mass is 16.5. The van der Waals surface area contributed by atoms with E-state index in [1.54, 1.807) is 6.20 Å². The minimum atomic E-state index is 0.299. The maximum Gasteiger partial charge on any atom is 0.100 e. The summed E-state index contributed by atoms with van der Waals surface area (Å²) in [6.07, 6.45) is 1.78. The van der Waals surface area contributed by atoms with Crippen molar-refractivity contribution in [3.05, 3.63) is 41.5 Å². The molecule has 6 heteroatoms. The van der Waals surface area contributed by atoms with E-state index in [9.17, 15) is 0 Å². The zero-order valence-electron chi connectivity index (χ0n) is 10.9. The Balaban J connectivity index is 1.61. The molecule has 0 amide bonds. The van der Waals surface area contributed by atoms with Gasteiger partial charge in [-0.2, -0.15) is 0 Å². The van der Waals surface area contributed by atoms with Crippen LogP contribution in [-0.4, -0.2) is 33.1 Å². The number of hydrogen-bond donors (Lipinski definition) is 1. The third-order valence-electron chi connectivity index (χ3n) is 3.31. The molecule has 0 saturated heterocycles. The average Bonchev–Trinajstić information content (AvgIpc) is 2.83. The van der Waals surface area contributed by atoms with Crippen molar-refractivity contribution >= 4 is 0 Å². The van der Waals surface area contributed by atoms with Gasteiger partial charge in [-0.3, -0.25) is 9.67 Å². The quantitative estimate of drug-likeness (QED) is 0.871. The van der Waals surface area contributed by atoms with Crippen LogP contribution in [-0.2, 0) is 24.9 Å². The first-order chi connectivity index (χ1) is 9.34. The van der Waals surface area contributed by atoms with Crippen LogP contribution < -0.4 is 5.32 Å². The molecule has 3 rings (SSSR count). The third-order valence-corrected chi connectivity index (χ3v) is 3.31. The molecule has 6 nitrogen and oxygen atoms in total. The first-order valence-corrected chi connectivity index (χ1v) is 6.41. The van der Waals surface area contributed by atoms with Crippen LogP contribution in [0.5, 0.6) is 0 Å². The van der Waals surface area contributed by atoms with Gasteiger partial charge in [0.2, 0.25) is 0 Å². The maximum absolute atomic E-state index is 5.77. The number of pyridine rings is 1. The summed E-state index contributed by atoms with van der Waals surface area (Å²) < 4.78 is 7.62. The predicted molar refractivity (Wildman–Crippen MR) is 69.3 cm³/mol. The second-order valence-corrected chi connectivity index (χ2v) is 4.71. The Hall–Kier alpha value is -1.79. The van der Waals surface area contributed by atoms with E-state index in [1.807, 2.05) is 29.9 Å². The van der Waals surface area contributed by atoms with Crippen LogP contribution in [0.4, 0.5) is 0 Å². The van der Waals surface area contributed by atoms with Crippen LogP contribution >= 0.6 is 0 Å². The van der Waals surface area contributed by atoms with E-state index < -0.39 is 0 Å². The average molecular weight is 259 g/mol. The Morgan fingerprint density at radius 1 is 1.47 bits per heavy atom. The van der Waals surface area contributed by atoms with Crippen LogP contribution in [0.15, 0.2) is 24.4 Å². The van der Waals surface area contributed by atoms with Crippen molar-refractivity contribution < 1.29 is 4.74 Å². The number of rotatable bonds is 4. The molecule has 0 aliphatic carbocycles. The van der Waals surface area contributed by atoms with E-state index >= 15 is 0 Å². The molecule has 1 aliphatic heterocycles. The van der Waals surface area contributed by atoms with Gasteiger partial charge >= 0.3 is 0 Å². The molecule has 0 radical (unpaired) electrons. The van der Waals surface area contributed by atoms with Crippen molar-refractivity contribution in [1.29, 1.82) is 0 Å². The molecule has 19 heavy (non-hydrogen) atoms. The lowest BCUT2D eigenvalue weighted by Crippen LogP contribution is -2.32. The second-order valence-electron chi connectivity index (χ2n) is 4.71. The van der Waals surface area contributed by atoms with Gasteiger partial charge in [-0.05, 0) is 12.1 Å². The summed E-state index contributed by atoms with van der Waals surface area (Å²) in [4.78, 5) is 4.24. The predicted octanol–water partition coefficient (Wildman–Crippen LogP) is 0.614. The van der Waals surface area contributed by atoms with Crippen LogP contribution in [0.25, 0.3) is 0 Å². The number of aryl methyl sites for hydroxylation is 1. The molecule has 1 aliphatic rings. The summed E-state index contributed by atoms with van der Waals surface area (Å²) in [5, 5.41) is 11.6. The molecule has 0 unspecified atom stereocenters. The monoisotopic (exact) mass is 259 g/mol. The van der Waals surface area contributed by atoms with Crippen LogP contribution in [0, 0.1) is 0 Å². The van der Waals surface area contributed by atoms with Crippen LogP contribution in [0.3, 0.4) is 0 Å². The topological polar surface area (TPSA) is 64.9 Å². The van der Waals surface area contributed by atoms with E-state index in [0.29, 0.717) is 19.1 Å². The molecule has 0 aromatic carbocycles. The normalized spacial score (nSPS) is 18.3. The SMILES string of the molecule is Cn1nnc2c1[C@@H](COCc1ccccn1)CNC2. The zero-order valence-corrected chi connectivity index (χ0v) is 10.9. The summed E-state index contributed by atoms with van der Waals surface area (Å²) >= 11 is 0. The van der Waals surface area contributed by atoms with Gasteiger partial charge in [0.05, 0.1) is 24.6 Å². The third kappa shape index (κ3) is 2.64. The number of hydrogen-bond acceptors (Lipinski definition) is 5. The standard InChI is InChI=1S/C13H17N5O/c1-18-13-10(6-14-7-12(13)16-17-18)8-19-9-11-4-2-3-5-15-11/h2-5,10,14H,6-9H2,1H3/t10-/m1/s1. The first-order valence-electron chi connectivity index (χ1n) is 6.41. The van der Waals surface area contributed by atoms with Gasteiger partial charge in [-0.1, -0.05) is 11.3 Å². The second kappa shape index (κ2) is 5.46. The van der Waals surface area contributed by atoms with E-state index in [2.05, 4.69) is 20.6 Å². The lowest BCUT2D eigenvalue weighted by molar-refractivity contribution is 0.100. The number of nitrogens with zero attached hydrogens (tertiary/aromatic N) is 4. The van der Waals surface area contributed by atoms with Crippen molar-refractivity contribution in [1.82, 2.24) is 25.3 Å². The van der Waals surface area contributed by atoms with E-state index in [-0.39, 0.29) is 0 Å². The Labute approximate surface area is 111 Å². The van der Waals surface area contributed by atoms with Crippen LogP contribution in [0.2, 0.25) is 0 Å². The fraction of sp³-hybridized carbons (Fsp3) is 0.462. The molecule has 2 aromatic heterocycles. The van der Waals surface area contributed by atoms with Gasteiger partial charge in [0.25, 0.3) is 0 Å². The van der Waals surface area contributed by atoms with Gasteiger partial charge in [0, 0.05) is 32.3 Å². The van der Waals surface area contributed by atoms with Crippen LogP contribution in [0.1, 0.15) is 23.0 Å². The van der Waals surface area contributed by atoms with E-state index in [1.165, 1.54) is 5.69 Å². The molecular formula is C13H17N5O. The van der Waals surface area contributed by atoms with Gasteiger partial charge in [-0.15, -0.1) is 5.10 Å². The fourth-order valence-electron chi connectivity index (χ4n) is 2.42. The lowest BCUT2D eigenvalue weighted by atomic mass is 10.0. The summed E-state index contributed by atoms with van der Waals surface area (Å²) in [5.74, 6) is 0.299.